The molecule has 0 spiro atoms. The Balaban J connectivity index is 1.52. The Bertz CT molecular complexity index is 787. The maximum absolute atomic E-state index is 4.61. The van der Waals surface area contributed by atoms with Crippen LogP contribution in [-0.4, -0.2) is 43.1 Å². The average Bonchev–Trinajstić information content (AvgIpc) is 3.13. The van der Waals surface area contributed by atoms with Gasteiger partial charge in [-0.1, -0.05) is 30.3 Å². The first-order chi connectivity index (χ1) is 11.8. The number of aromatic nitrogens is 1. The van der Waals surface area contributed by atoms with Crippen LogP contribution in [0.15, 0.2) is 60.8 Å². The highest BCUT2D eigenvalue weighted by Crippen LogP contribution is 2.32. The Morgan fingerprint density at radius 3 is 2.25 bits per heavy atom. The minimum absolute atomic E-state index is 1.08. The van der Waals surface area contributed by atoms with Crippen LogP contribution in [0.3, 0.4) is 0 Å². The molecule has 1 fully saturated rings. The van der Waals surface area contributed by atoms with Crippen molar-refractivity contribution in [2.75, 3.05) is 38.1 Å². The van der Waals surface area contributed by atoms with Gasteiger partial charge in [-0.15, -0.1) is 11.3 Å². The minimum atomic E-state index is 1.08. The highest BCUT2D eigenvalue weighted by atomic mass is 32.1. The molecule has 0 aliphatic carbocycles. The number of piperazine rings is 1. The monoisotopic (exact) mass is 335 g/mol. The average molecular weight is 335 g/mol. The first kappa shape index (κ1) is 15.4. The van der Waals surface area contributed by atoms with Crippen LogP contribution in [0, 0.1) is 0 Å². The summed E-state index contributed by atoms with van der Waals surface area (Å²) in [5, 5.41) is 1.08. The molecule has 1 aromatic heterocycles. The summed E-state index contributed by atoms with van der Waals surface area (Å²) in [6, 6.07) is 19.3. The third-order valence-electron chi connectivity index (χ3n) is 4.55. The number of nitrogens with zero attached hydrogens (tertiary/aromatic N) is 3. The highest BCUT2D eigenvalue weighted by molar-refractivity contribution is 7.18. The van der Waals surface area contributed by atoms with Crippen LogP contribution < -0.4 is 4.90 Å². The van der Waals surface area contributed by atoms with Gasteiger partial charge >= 0.3 is 0 Å². The topological polar surface area (TPSA) is 19.4 Å². The van der Waals surface area contributed by atoms with E-state index in [1.165, 1.54) is 21.7 Å². The molecular formula is C20H21N3S. The molecular weight excluding hydrogens is 314 g/mol. The molecule has 0 radical (unpaired) electrons. The van der Waals surface area contributed by atoms with Crippen LogP contribution >= 0.6 is 11.3 Å². The maximum atomic E-state index is 4.61. The lowest BCUT2D eigenvalue weighted by Gasteiger charge is -2.34. The van der Waals surface area contributed by atoms with E-state index in [-0.39, 0.29) is 0 Å². The molecule has 0 unspecified atom stereocenters. The number of anilines is 1. The van der Waals surface area contributed by atoms with Gasteiger partial charge in [0.25, 0.3) is 0 Å². The van der Waals surface area contributed by atoms with Crippen molar-refractivity contribution in [2.24, 2.45) is 0 Å². The van der Waals surface area contributed by atoms with E-state index in [2.05, 4.69) is 70.4 Å². The summed E-state index contributed by atoms with van der Waals surface area (Å²) in [6.45, 7) is 4.47. The van der Waals surface area contributed by atoms with E-state index >= 15 is 0 Å². The second kappa shape index (κ2) is 6.75. The fourth-order valence-corrected chi connectivity index (χ4v) is 3.95. The van der Waals surface area contributed by atoms with Gasteiger partial charge in [0.2, 0.25) is 0 Å². The van der Waals surface area contributed by atoms with Gasteiger partial charge in [-0.2, -0.15) is 0 Å². The summed E-state index contributed by atoms with van der Waals surface area (Å²) in [6.07, 6.45) is 1.98. The number of hydrogen-bond acceptors (Lipinski definition) is 4. The fourth-order valence-electron chi connectivity index (χ4n) is 3.02. The van der Waals surface area contributed by atoms with Crippen LogP contribution in [0.5, 0.6) is 0 Å². The van der Waals surface area contributed by atoms with Crippen molar-refractivity contribution < 1.29 is 0 Å². The van der Waals surface area contributed by atoms with Crippen molar-refractivity contribution in [3.8, 4) is 21.0 Å². The first-order valence-electron chi connectivity index (χ1n) is 8.35. The molecule has 0 saturated carbocycles. The molecule has 4 rings (SSSR count). The Morgan fingerprint density at radius 2 is 1.54 bits per heavy atom. The van der Waals surface area contributed by atoms with Crippen molar-refractivity contribution in [2.45, 2.75) is 0 Å². The molecule has 3 nitrogen and oxygen atoms in total. The van der Waals surface area contributed by atoms with Crippen LogP contribution in [0.1, 0.15) is 0 Å². The zero-order chi connectivity index (χ0) is 16.4. The smallest absolute Gasteiger partial charge is 0.123 e. The third kappa shape index (κ3) is 3.21. The highest BCUT2D eigenvalue weighted by Gasteiger charge is 2.14. The van der Waals surface area contributed by atoms with Gasteiger partial charge in [0.15, 0.2) is 0 Å². The van der Waals surface area contributed by atoms with E-state index in [0.29, 0.717) is 0 Å². The molecule has 2 aromatic carbocycles. The van der Waals surface area contributed by atoms with E-state index in [0.717, 1.165) is 31.2 Å². The lowest BCUT2D eigenvalue weighted by atomic mass is 10.2. The predicted octanol–water partition coefficient (Wildman–Crippen LogP) is 4.23. The summed E-state index contributed by atoms with van der Waals surface area (Å²) in [4.78, 5) is 10.7. The van der Waals surface area contributed by atoms with Gasteiger partial charge in [0, 0.05) is 43.6 Å². The van der Waals surface area contributed by atoms with E-state index in [4.69, 9.17) is 0 Å². The molecule has 24 heavy (non-hydrogen) atoms. The lowest BCUT2D eigenvalue weighted by Crippen LogP contribution is -2.44. The van der Waals surface area contributed by atoms with Gasteiger partial charge in [-0.25, -0.2) is 4.98 Å². The summed E-state index contributed by atoms with van der Waals surface area (Å²) in [7, 11) is 2.19. The largest absolute Gasteiger partial charge is 0.369 e. The molecule has 0 bridgehead atoms. The third-order valence-corrected chi connectivity index (χ3v) is 5.64. The Morgan fingerprint density at radius 1 is 0.833 bits per heavy atom. The van der Waals surface area contributed by atoms with E-state index in [9.17, 15) is 0 Å². The molecule has 0 amide bonds. The van der Waals surface area contributed by atoms with Gasteiger partial charge in [0.05, 0.1) is 4.88 Å². The van der Waals surface area contributed by atoms with E-state index in [1.54, 1.807) is 11.3 Å². The summed E-state index contributed by atoms with van der Waals surface area (Å²) in [5.41, 5.74) is 3.74. The van der Waals surface area contributed by atoms with Crippen molar-refractivity contribution >= 4 is 17.0 Å². The quantitative estimate of drug-likeness (QED) is 0.714. The molecule has 1 saturated heterocycles. The lowest BCUT2D eigenvalue weighted by molar-refractivity contribution is 0.313. The zero-order valence-electron chi connectivity index (χ0n) is 13.9. The number of hydrogen-bond donors (Lipinski definition) is 0. The van der Waals surface area contributed by atoms with Crippen molar-refractivity contribution in [1.29, 1.82) is 0 Å². The van der Waals surface area contributed by atoms with E-state index in [1.807, 2.05) is 12.3 Å². The van der Waals surface area contributed by atoms with Crippen molar-refractivity contribution in [1.82, 2.24) is 9.88 Å². The van der Waals surface area contributed by atoms with Crippen molar-refractivity contribution in [3.63, 3.8) is 0 Å². The summed E-state index contributed by atoms with van der Waals surface area (Å²) >= 11 is 1.75. The van der Waals surface area contributed by atoms with Crippen LogP contribution in [0.4, 0.5) is 5.69 Å². The number of likely N-dealkylation sites (N-methyl/N-ethyl adjacent to an activating group) is 1. The SMILES string of the molecule is CN1CCN(c2ccc(-c3ncc(-c4ccccc4)s3)cc2)CC1. The Labute approximate surface area is 147 Å². The summed E-state index contributed by atoms with van der Waals surface area (Å²) in [5.74, 6) is 0. The Hall–Kier alpha value is -2.17. The standard InChI is InChI=1S/C20H21N3S/c1-22-11-13-23(14-12-22)18-9-7-17(8-10-18)20-21-15-19(24-20)16-5-3-2-4-6-16/h2-10,15H,11-14H2,1H3. The molecule has 3 aromatic rings. The molecule has 1 aliphatic heterocycles. The van der Waals surface area contributed by atoms with Gasteiger partial charge in [-0.05, 0) is 36.9 Å². The number of benzene rings is 2. The molecule has 2 heterocycles. The zero-order valence-corrected chi connectivity index (χ0v) is 14.7. The Kier molecular flexibility index (Phi) is 4.32. The summed E-state index contributed by atoms with van der Waals surface area (Å²) < 4.78 is 0. The van der Waals surface area contributed by atoms with Gasteiger partial charge in [-0.3, -0.25) is 0 Å². The molecule has 0 N–H and O–H groups in total. The molecule has 1 aliphatic rings. The second-order valence-electron chi connectivity index (χ2n) is 6.23. The normalized spacial score (nSPS) is 15.6. The maximum Gasteiger partial charge on any atom is 0.123 e. The van der Waals surface area contributed by atoms with Crippen LogP contribution in [0.2, 0.25) is 0 Å². The van der Waals surface area contributed by atoms with Gasteiger partial charge < -0.3 is 9.80 Å². The van der Waals surface area contributed by atoms with Gasteiger partial charge in [0.1, 0.15) is 5.01 Å². The fraction of sp³-hybridized carbons (Fsp3) is 0.250. The second-order valence-corrected chi connectivity index (χ2v) is 7.26. The number of rotatable bonds is 3. The predicted molar refractivity (Wildman–Crippen MR) is 103 cm³/mol. The van der Waals surface area contributed by atoms with Crippen LogP contribution in [-0.2, 0) is 0 Å². The van der Waals surface area contributed by atoms with Crippen molar-refractivity contribution in [3.05, 3.63) is 60.8 Å². The van der Waals surface area contributed by atoms with E-state index < -0.39 is 0 Å². The van der Waals surface area contributed by atoms with Crippen LogP contribution in [0.25, 0.3) is 21.0 Å². The molecule has 4 heteroatoms. The molecule has 122 valence electrons. The first-order valence-corrected chi connectivity index (χ1v) is 9.16. The minimum Gasteiger partial charge on any atom is -0.369 e. The molecule has 0 atom stereocenters. The number of thiazole rings is 1.